The zero-order chi connectivity index (χ0) is 11.9. The number of anilines is 1. The summed E-state index contributed by atoms with van der Waals surface area (Å²) in [5.74, 6) is 6.97. The fraction of sp³-hybridized carbons (Fsp3) is 0.467. The minimum absolute atomic E-state index is 0.610. The van der Waals surface area contributed by atoms with E-state index in [-0.39, 0.29) is 0 Å². The second-order valence-corrected chi connectivity index (χ2v) is 4.68. The van der Waals surface area contributed by atoms with Crippen LogP contribution in [-0.2, 0) is 0 Å². The Morgan fingerprint density at radius 3 is 2.65 bits per heavy atom. The Hall–Kier alpha value is -1.13. The molecule has 1 fully saturated rings. The molecule has 1 aromatic carbocycles. The SMILES string of the molecule is ClCCC#Cc1ccccc1N1CCCCC1. The van der Waals surface area contributed by atoms with E-state index >= 15 is 0 Å². The smallest absolute Gasteiger partial charge is 0.0525 e. The van der Waals surface area contributed by atoms with E-state index in [9.17, 15) is 0 Å². The third-order valence-electron chi connectivity index (χ3n) is 3.04. The summed E-state index contributed by atoms with van der Waals surface area (Å²) in [6.45, 7) is 2.32. The van der Waals surface area contributed by atoms with E-state index in [2.05, 4.69) is 41.0 Å². The molecule has 1 aliphatic heterocycles. The van der Waals surface area contributed by atoms with E-state index in [1.807, 2.05) is 0 Å². The molecule has 0 spiro atoms. The van der Waals surface area contributed by atoms with Gasteiger partial charge in [0.2, 0.25) is 0 Å². The predicted octanol–water partition coefficient (Wildman–Crippen LogP) is 3.66. The number of hydrogen-bond acceptors (Lipinski definition) is 1. The van der Waals surface area contributed by atoms with Crippen LogP contribution in [0.15, 0.2) is 24.3 Å². The zero-order valence-electron chi connectivity index (χ0n) is 10.1. The number of para-hydroxylation sites is 1. The fourth-order valence-corrected chi connectivity index (χ4v) is 2.29. The number of piperidine rings is 1. The first-order valence-electron chi connectivity index (χ1n) is 6.30. The predicted molar refractivity (Wildman–Crippen MR) is 74.7 cm³/mol. The van der Waals surface area contributed by atoms with Gasteiger partial charge >= 0.3 is 0 Å². The molecule has 0 aliphatic carbocycles. The molecule has 1 aliphatic rings. The average Bonchev–Trinajstić information content (AvgIpc) is 2.41. The number of benzene rings is 1. The Morgan fingerprint density at radius 1 is 1.12 bits per heavy atom. The van der Waals surface area contributed by atoms with Crippen molar-refractivity contribution in [1.82, 2.24) is 0 Å². The average molecular weight is 248 g/mol. The summed E-state index contributed by atoms with van der Waals surface area (Å²) in [5, 5.41) is 0. The number of rotatable bonds is 2. The van der Waals surface area contributed by atoms with Crippen molar-refractivity contribution in [1.29, 1.82) is 0 Å². The summed E-state index contributed by atoms with van der Waals surface area (Å²) in [6.07, 6.45) is 4.71. The molecule has 0 radical (unpaired) electrons. The van der Waals surface area contributed by atoms with E-state index in [1.54, 1.807) is 0 Å². The first-order chi connectivity index (χ1) is 8.42. The highest BCUT2D eigenvalue weighted by Gasteiger charge is 2.12. The van der Waals surface area contributed by atoms with Gasteiger partial charge in [0.1, 0.15) is 0 Å². The molecule has 17 heavy (non-hydrogen) atoms. The van der Waals surface area contributed by atoms with Crippen LogP contribution in [0.5, 0.6) is 0 Å². The van der Waals surface area contributed by atoms with Crippen LogP contribution in [-0.4, -0.2) is 19.0 Å². The molecule has 0 bridgehead atoms. The maximum atomic E-state index is 5.64. The summed E-state index contributed by atoms with van der Waals surface area (Å²) in [6, 6.07) is 8.43. The van der Waals surface area contributed by atoms with Gasteiger partial charge in [0.25, 0.3) is 0 Å². The first-order valence-corrected chi connectivity index (χ1v) is 6.84. The Kier molecular flexibility index (Phi) is 4.76. The molecule has 0 aromatic heterocycles. The molecule has 1 saturated heterocycles. The zero-order valence-corrected chi connectivity index (χ0v) is 10.8. The molecule has 1 aromatic rings. The van der Waals surface area contributed by atoms with E-state index in [0.29, 0.717) is 5.88 Å². The van der Waals surface area contributed by atoms with Crippen molar-refractivity contribution in [3.63, 3.8) is 0 Å². The Balaban J connectivity index is 2.18. The van der Waals surface area contributed by atoms with Crippen molar-refractivity contribution in [2.75, 3.05) is 23.9 Å². The van der Waals surface area contributed by atoms with Crippen LogP contribution in [0.1, 0.15) is 31.2 Å². The Labute approximate surface area is 109 Å². The van der Waals surface area contributed by atoms with Crippen LogP contribution in [0.4, 0.5) is 5.69 Å². The maximum absolute atomic E-state index is 5.64. The van der Waals surface area contributed by atoms with E-state index in [4.69, 9.17) is 11.6 Å². The third-order valence-corrected chi connectivity index (χ3v) is 3.23. The van der Waals surface area contributed by atoms with Crippen molar-refractivity contribution in [2.45, 2.75) is 25.7 Å². The van der Waals surface area contributed by atoms with Crippen molar-refractivity contribution in [3.8, 4) is 11.8 Å². The number of hydrogen-bond donors (Lipinski definition) is 0. The van der Waals surface area contributed by atoms with Crippen molar-refractivity contribution < 1.29 is 0 Å². The number of halogens is 1. The standard InChI is InChI=1S/C15H18ClN/c16-11-5-4-9-14-8-2-3-10-15(14)17-12-6-1-7-13-17/h2-3,8,10H,1,5-7,11-13H2. The van der Waals surface area contributed by atoms with Gasteiger partial charge < -0.3 is 4.90 Å². The van der Waals surface area contributed by atoms with Gasteiger partial charge in [0.15, 0.2) is 0 Å². The van der Waals surface area contributed by atoms with Gasteiger partial charge in [-0.05, 0) is 31.4 Å². The molecule has 0 amide bonds. The quantitative estimate of drug-likeness (QED) is 0.570. The van der Waals surface area contributed by atoms with Crippen molar-refractivity contribution in [2.24, 2.45) is 0 Å². The van der Waals surface area contributed by atoms with Gasteiger partial charge in [0.05, 0.1) is 5.69 Å². The highest BCUT2D eigenvalue weighted by molar-refractivity contribution is 6.18. The molecule has 2 heteroatoms. The molecule has 1 nitrogen and oxygen atoms in total. The fourth-order valence-electron chi connectivity index (χ4n) is 2.19. The second kappa shape index (κ2) is 6.57. The van der Waals surface area contributed by atoms with E-state index < -0.39 is 0 Å². The molecular formula is C15H18ClN. The van der Waals surface area contributed by atoms with Gasteiger partial charge in [-0.3, -0.25) is 0 Å². The number of nitrogens with zero attached hydrogens (tertiary/aromatic N) is 1. The first kappa shape index (κ1) is 12.3. The minimum Gasteiger partial charge on any atom is -0.371 e. The Bertz CT molecular complexity index is 410. The van der Waals surface area contributed by atoms with Crippen LogP contribution >= 0.6 is 11.6 Å². The molecular weight excluding hydrogens is 230 g/mol. The number of alkyl halides is 1. The third kappa shape index (κ3) is 3.41. The molecule has 90 valence electrons. The Morgan fingerprint density at radius 2 is 1.88 bits per heavy atom. The minimum atomic E-state index is 0.610. The molecule has 0 unspecified atom stereocenters. The van der Waals surface area contributed by atoms with Crippen LogP contribution in [0, 0.1) is 11.8 Å². The summed E-state index contributed by atoms with van der Waals surface area (Å²) in [4.78, 5) is 2.45. The summed E-state index contributed by atoms with van der Waals surface area (Å²) >= 11 is 5.64. The van der Waals surface area contributed by atoms with Crippen molar-refractivity contribution in [3.05, 3.63) is 29.8 Å². The molecule has 0 atom stereocenters. The lowest BCUT2D eigenvalue weighted by molar-refractivity contribution is 0.577. The van der Waals surface area contributed by atoms with Gasteiger partial charge in [0, 0.05) is 31.0 Å². The lowest BCUT2D eigenvalue weighted by Gasteiger charge is -2.29. The normalized spacial score (nSPS) is 15.2. The van der Waals surface area contributed by atoms with E-state index in [1.165, 1.54) is 24.9 Å². The molecule has 0 saturated carbocycles. The molecule has 1 heterocycles. The summed E-state index contributed by atoms with van der Waals surface area (Å²) in [5.41, 5.74) is 2.42. The summed E-state index contributed by atoms with van der Waals surface area (Å²) in [7, 11) is 0. The van der Waals surface area contributed by atoms with Gasteiger partial charge in [-0.2, -0.15) is 0 Å². The van der Waals surface area contributed by atoms with Crippen LogP contribution in [0.3, 0.4) is 0 Å². The van der Waals surface area contributed by atoms with Gasteiger partial charge in [-0.25, -0.2) is 0 Å². The van der Waals surface area contributed by atoms with Crippen molar-refractivity contribution >= 4 is 17.3 Å². The van der Waals surface area contributed by atoms with E-state index in [0.717, 1.165) is 25.1 Å². The van der Waals surface area contributed by atoms with Crippen LogP contribution < -0.4 is 4.90 Å². The van der Waals surface area contributed by atoms with Gasteiger partial charge in [-0.1, -0.05) is 24.0 Å². The topological polar surface area (TPSA) is 3.24 Å². The summed E-state index contributed by atoms with van der Waals surface area (Å²) < 4.78 is 0. The monoisotopic (exact) mass is 247 g/mol. The lowest BCUT2D eigenvalue weighted by atomic mass is 10.1. The molecule has 0 N–H and O–H groups in total. The highest BCUT2D eigenvalue weighted by Crippen LogP contribution is 2.23. The highest BCUT2D eigenvalue weighted by atomic mass is 35.5. The molecule has 2 rings (SSSR count). The van der Waals surface area contributed by atoms with Gasteiger partial charge in [-0.15, -0.1) is 11.6 Å². The van der Waals surface area contributed by atoms with Crippen LogP contribution in [0.2, 0.25) is 0 Å². The largest absolute Gasteiger partial charge is 0.371 e. The lowest BCUT2D eigenvalue weighted by Crippen LogP contribution is -2.29. The maximum Gasteiger partial charge on any atom is 0.0525 e. The second-order valence-electron chi connectivity index (χ2n) is 4.31. The van der Waals surface area contributed by atoms with Crippen LogP contribution in [0.25, 0.3) is 0 Å².